The third kappa shape index (κ3) is 1.82. The lowest BCUT2D eigenvalue weighted by Crippen LogP contribution is -2.08. The summed E-state index contributed by atoms with van der Waals surface area (Å²) >= 11 is 1.42. The van der Waals surface area contributed by atoms with Gasteiger partial charge in [0.15, 0.2) is 11.7 Å². The van der Waals surface area contributed by atoms with Crippen LogP contribution in [0.3, 0.4) is 0 Å². The van der Waals surface area contributed by atoms with Crippen LogP contribution in [0.25, 0.3) is 10.2 Å². The first-order chi connectivity index (χ1) is 7.76. The van der Waals surface area contributed by atoms with E-state index in [0.717, 1.165) is 10.2 Å². The van der Waals surface area contributed by atoms with Gasteiger partial charge in [0.2, 0.25) is 0 Å². The fraction of sp³-hybridized carbons (Fsp3) is 0.250. The fourth-order valence-corrected chi connectivity index (χ4v) is 2.52. The molecule has 3 nitrogen and oxygen atoms in total. The average molecular weight is 230 g/mol. The second kappa shape index (κ2) is 4.42. The zero-order valence-electron chi connectivity index (χ0n) is 8.80. The van der Waals surface area contributed by atoms with E-state index in [-0.39, 0.29) is 5.78 Å². The van der Waals surface area contributed by atoms with Crippen molar-refractivity contribution in [2.45, 2.75) is 19.3 Å². The van der Waals surface area contributed by atoms with E-state index in [9.17, 15) is 4.79 Å². The number of rotatable bonds is 3. The summed E-state index contributed by atoms with van der Waals surface area (Å²) in [6.45, 7) is 1.76. The summed E-state index contributed by atoms with van der Waals surface area (Å²) in [6, 6.07) is 9.68. The number of carbonyl (C=O) groups is 1. The number of carbonyl (C=O) groups excluding carboxylic acids is 1. The molecule has 4 heteroatoms. The van der Waals surface area contributed by atoms with Crippen LogP contribution >= 0.6 is 11.3 Å². The predicted molar refractivity (Wildman–Crippen MR) is 63.3 cm³/mol. The summed E-state index contributed by atoms with van der Waals surface area (Å²) in [5, 5.41) is 9.61. The Kier molecular flexibility index (Phi) is 2.97. The number of nitriles is 1. The highest BCUT2D eigenvalue weighted by Gasteiger charge is 2.22. The summed E-state index contributed by atoms with van der Waals surface area (Å²) in [7, 11) is 0. The number of hydrogen-bond donors (Lipinski definition) is 0. The average Bonchev–Trinajstić information content (AvgIpc) is 2.72. The molecule has 0 aliphatic rings. The number of fused-ring (bicyclic) bond motifs is 1. The molecular formula is C12H10N2OS. The first-order valence-electron chi connectivity index (χ1n) is 5.04. The van der Waals surface area contributed by atoms with Crippen LogP contribution in [0.2, 0.25) is 0 Å². The minimum Gasteiger partial charge on any atom is -0.298 e. The molecule has 0 radical (unpaired) electrons. The minimum absolute atomic E-state index is 0.0680. The van der Waals surface area contributed by atoms with Gasteiger partial charge < -0.3 is 0 Å². The number of ketones is 1. The first-order valence-corrected chi connectivity index (χ1v) is 5.85. The van der Waals surface area contributed by atoms with Crippen molar-refractivity contribution in [3.8, 4) is 6.07 Å². The van der Waals surface area contributed by atoms with Gasteiger partial charge in [0.25, 0.3) is 0 Å². The molecule has 1 aromatic heterocycles. The standard InChI is InChI=1S/C12H10N2OS/c1-2-10(15)8(7-13)12-14-9-5-3-4-6-11(9)16-12/h3-6,8H,2H2,1H3. The molecule has 1 aromatic carbocycles. The van der Waals surface area contributed by atoms with Crippen molar-refractivity contribution in [2.24, 2.45) is 0 Å². The number of Topliss-reactive ketones (excluding diaryl/α,β-unsaturated/α-hetero) is 1. The van der Waals surface area contributed by atoms with E-state index in [1.54, 1.807) is 6.92 Å². The molecule has 0 aliphatic carbocycles. The van der Waals surface area contributed by atoms with Crippen molar-refractivity contribution in [1.82, 2.24) is 4.98 Å². The maximum absolute atomic E-state index is 11.6. The quantitative estimate of drug-likeness (QED) is 0.814. The largest absolute Gasteiger partial charge is 0.298 e. The molecule has 0 fully saturated rings. The molecule has 2 aromatic rings. The van der Waals surface area contributed by atoms with Crippen molar-refractivity contribution in [1.29, 1.82) is 5.26 Å². The summed E-state index contributed by atoms with van der Waals surface area (Å²) in [6.07, 6.45) is 0.369. The molecule has 0 amide bonds. The Morgan fingerprint density at radius 2 is 2.31 bits per heavy atom. The lowest BCUT2D eigenvalue weighted by atomic mass is 10.1. The molecule has 80 valence electrons. The number of thiazole rings is 1. The Balaban J connectivity index is 2.47. The van der Waals surface area contributed by atoms with Crippen LogP contribution in [0, 0.1) is 11.3 Å². The molecule has 0 aliphatic heterocycles. The molecule has 0 saturated carbocycles. The molecule has 2 rings (SSSR count). The van der Waals surface area contributed by atoms with Gasteiger partial charge in [-0.3, -0.25) is 4.79 Å². The molecule has 0 bridgehead atoms. The molecule has 0 N–H and O–H groups in total. The van der Waals surface area contributed by atoms with Crippen molar-refractivity contribution >= 4 is 27.3 Å². The molecule has 1 heterocycles. The van der Waals surface area contributed by atoms with Crippen LogP contribution in [0.4, 0.5) is 0 Å². The fourth-order valence-electron chi connectivity index (χ4n) is 1.48. The van der Waals surface area contributed by atoms with Crippen LogP contribution in [-0.4, -0.2) is 10.8 Å². The van der Waals surface area contributed by atoms with Gasteiger partial charge in [-0.05, 0) is 12.1 Å². The van der Waals surface area contributed by atoms with Crippen molar-refractivity contribution in [2.75, 3.05) is 0 Å². The topological polar surface area (TPSA) is 53.8 Å². The zero-order valence-corrected chi connectivity index (χ0v) is 9.62. The number of para-hydroxylation sites is 1. The van der Waals surface area contributed by atoms with Crippen LogP contribution in [0.15, 0.2) is 24.3 Å². The highest BCUT2D eigenvalue weighted by Crippen LogP contribution is 2.28. The SMILES string of the molecule is CCC(=O)C(C#N)c1nc2ccccc2s1. The predicted octanol–water partition coefficient (Wildman–Crippen LogP) is 2.88. The van der Waals surface area contributed by atoms with Crippen molar-refractivity contribution in [3.05, 3.63) is 29.3 Å². The maximum Gasteiger partial charge on any atom is 0.156 e. The highest BCUT2D eigenvalue weighted by molar-refractivity contribution is 7.18. The normalized spacial score (nSPS) is 12.2. The monoisotopic (exact) mass is 230 g/mol. The Bertz CT molecular complexity index is 535. The van der Waals surface area contributed by atoms with Crippen LogP contribution in [0.1, 0.15) is 24.3 Å². The van der Waals surface area contributed by atoms with E-state index in [1.165, 1.54) is 11.3 Å². The summed E-state index contributed by atoms with van der Waals surface area (Å²) in [5.74, 6) is -0.774. The van der Waals surface area contributed by atoms with E-state index in [0.29, 0.717) is 11.4 Å². The Hall–Kier alpha value is -1.73. The van der Waals surface area contributed by atoms with E-state index < -0.39 is 5.92 Å². The Labute approximate surface area is 97.4 Å². The van der Waals surface area contributed by atoms with E-state index in [1.807, 2.05) is 30.3 Å². The van der Waals surface area contributed by atoms with E-state index >= 15 is 0 Å². The van der Waals surface area contributed by atoms with Crippen molar-refractivity contribution < 1.29 is 4.79 Å². The first kappa shape index (κ1) is 10.8. The lowest BCUT2D eigenvalue weighted by Gasteiger charge is -2.00. The van der Waals surface area contributed by atoms with Gasteiger partial charge >= 0.3 is 0 Å². The van der Waals surface area contributed by atoms with Crippen LogP contribution < -0.4 is 0 Å². The molecule has 0 spiro atoms. The smallest absolute Gasteiger partial charge is 0.156 e. The Morgan fingerprint density at radius 1 is 1.56 bits per heavy atom. The van der Waals surface area contributed by atoms with Gasteiger partial charge in [-0.15, -0.1) is 11.3 Å². The Morgan fingerprint density at radius 3 is 2.94 bits per heavy atom. The summed E-state index contributed by atoms with van der Waals surface area (Å²) < 4.78 is 1.02. The second-order valence-electron chi connectivity index (χ2n) is 3.40. The van der Waals surface area contributed by atoms with Gasteiger partial charge in [-0.1, -0.05) is 19.1 Å². The molecular weight excluding hydrogens is 220 g/mol. The van der Waals surface area contributed by atoms with E-state index in [2.05, 4.69) is 4.98 Å². The van der Waals surface area contributed by atoms with Crippen molar-refractivity contribution in [3.63, 3.8) is 0 Å². The number of hydrogen-bond acceptors (Lipinski definition) is 4. The van der Waals surface area contributed by atoms with Gasteiger partial charge in [0.1, 0.15) is 5.01 Å². The third-order valence-corrected chi connectivity index (χ3v) is 3.46. The third-order valence-electron chi connectivity index (χ3n) is 2.36. The lowest BCUT2D eigenvalue weighted by molar-refractivity contribution is -0.119. The molecule has 1 atom stereocenters. The number of nitrogens with zero attached hydrogens (tertiary/aromatic N) is 2. The maximum atomic E-state index is 11.6. The number of aromatic nitrogens is 1. The molecule has 16 heavy (non-hydrogen) atoms. The molecule has 1 unspecified atom stereocenters. The van der Waals surface area contributed by atoms with Crippen LogP contribution in [0.5, 0.6) is 0 Å². The van der Waals surface area contributed by atoms with Gasteiger partial charge in [-0.25, -0.2) is 4.98 Å². The van der Waals surface area contributed by atoms with Gasteiger partial charge in [0.05, 0.1) is 16.3 Å². The molecule has 0 saturated heterocycles. The minimum atomic E-state index is -0.706. The highest BCUT2D eigenvalue weighted by atomic mass is 32.1. The number of benzene rings is 1. The summed E-state index contributed by atoms with van der Waals surface area (Å²) in [5.41, 5.74) is 0.853. The second-order valence-corrected chi connectivity index (χ2v) is 4.46. The van der Waals surface area contributed by atoms with E-state index in [4.69, 9.17) is 5.26 Å². The van der Waals surface area contributed by atoms with Gasteiger partial charge in [0, 0.05) is 6.42 Å². The summed E-state index contributed by atoms with van der Waals surface area (Å²) in [4.78, 5) is 15.9. The zero-order chi connectivity index (χ0) is 11.5. The van der Waals surface area contributed by atoms with Gasteiger partial charge in [-0.2, -0.15) is 5.26 Å². The van der Waals surface area contributed by atoms with Crippen LogP contribution in [-0.2, 0) is 4.79 Å².